The van der Waals surface area contributed by atoms with Gasteiger partial charge >= 0.3 is 0 Å². The van der Waals surface area contributed by atoms with E-state index < -0.39 is 0 Å². The van der Waals surface area contributed by atoms with Crippen molar-refractivity contribution in [3.8, 4) is 0 Å². The molecule has 7 nitrogen and oxygen atoms in total. The molecule has 7 heteroatoms. The molecule has 4 rings (SSSR count). The molecule has 2 aliphatic rings. The van der Waals surface area contributed by atoms with Gasteiger partial charge in [-0.25, -0.2) is 0 Å². The molecule has 2 saturated heterocycles. The number of likely N-dealkylation sites (tertiary alicyclic amines) is 2. The van der Waals surface area contributed by atoms with E-state index in [4.69, 9.17) is 0 Å². The predicted molar refractivity (Wildman–Crippen MR) is 123 cm³/mol. The summed E-state index contributed by atoms with van der Waals surface area (Å²) in [6.45, 7) is 4.19. The van der Waals surface area contributed by atoms with Crippen LogP contribution < -0.4 is 10.9 Å². The van der Waals surface area contributed by atoms with Crippen LogP contribution in [0.3, 0.4) is 0 Å². The summed E-state index contributed by atoms with van der Waals surface area (Å²) in [5, 5.41) is 2.83. The van der Waals surface area contributed by atoms with Crippen molar-refractivity contribution in [1.29, 1.82) is 0 Å². The normalized spacial score (nSPS) is 19.1. The number of hydrogen-bond acceptors (Lipinski definition) is 4. The first-order valence-electron chi connectivity index (χ1n) is 11.6. The summed E-state index contributed by atoms with van der Waals surface area (Å²) in [6, 6.07) is 12.8. The van der Waals surface area contributed by atoms with E-state index in [2.05, 4.69) is 10.2 Å². The Kier molecular flexibility index (Phi) is 7.37. The second kappa shape index (κ2) is 10.6. The molecular weight excluding hydrogens is 404 g/mol. The van der Waals surface area contributed by atoms with Gasteiger partial charge in [-0.15, -0.1) is 0 Å². The van der Waals surface area contributed by atoms with Crippen LogP contribution in [0.1, 0.15) is 48.0 Å². The molecule has 0 unspecified atom stereocenters. The predicted octanol–water partition coefficient (Wildman–Crippen LogP) is 2.26. The maximum absolute atomic E-state index is 13.3. The minimum absolute atomic E-state index is 0.0488. The standard InChI is InChI=1S/C25H32N4O3/c30-23(26-16-20-8-2-1-3-9-20)19-28-17-21(11-12-24(28)31)25(32)29-15-5-4-10-22(29)18-27-13-6-7-14-27/h1-3,8-9,11-12,17,22H,4-7,10,13-16,18-19H2,(H,26,30)/t22-/m1/s1. The third-order valence-electron chi connectivity index (χ3n) is 6.43. The number of hydrogen-bond donors (Lipinski definition) is 1. The van der Waals surface area contributed by atoms with E-state index in [1.807, 2.05) is 35.2 Å². The molecule has 0 saturated carbocycles. The molecule has 0 radical (unpaired) electrons. The van der Waals surface area contributed by atoms with Crippen molar-refractivity contribution in [1.82, 2.24) is 19.7 Å². The van der Waals surface area contributed by atoms with Crippen molar-refractivity contribution >= 4 is 11.8 Å². The molecule has 2 amide bonds. The summed E-state index contributed by atoms with van der Waals surface area (Å²) in [6.07, 6.45) is 7.17. The fourth-order valence-corrected chi connectivity index (χ4v) is 4.68. The summed E-state index contributed by atoms with van der Waals surface area (Å²) in [5.41, 5.74) is 1.17. The minimum Gasteiger partial charge on any atom is -0.350 e. The zero-order valence-corrected chi connectivity index (χ0v) is 18.5. The topological polar surface area (TPSA) is 74.7 Å². The van der Waals surface area contributed by atoms with E-state index in [9.17, 15) is 14.4 Å². The van der Waals surface area contributed by atoms with Crippen LogP contribution in [-0.2, 0) is 17.9 Å². The fraction of sp³-hybridized carbons (Fsp3) is 0.480. The van der Waals surface area contributed by atoms with Gasteiger partial charge in [-0.3, -0.25) is 14.4 Å². The summed E-state index contributed by atoms with van der Waals surface area (Å²) in [7, 11) is 0. The van der Waals surface area contributed by atoms with Crippen molar-refractivity contribution in [2.24, 2.45) is 0 Å². The van der Waals surface area contributed by atoms with E-state index in [0.717, 1.165) is 51.0 Å². The number of pyridine rings is 1. The SMILES string of the molecule is O=C(Cn1cc(C(=O)N2CCCC[C@@H]2CN2CCCC2)ccc1=O)NCc1ccccc1. The van der Waals surface area contributed by atoms with Crippen molar-refractivity contribution in [3.63, 3.8) is 0 Å². The zero-order valence-electron chi connectivity index (χ0n) is 18.5. The van der Waals surface area contributed by atoms with Gasteiger partial charge in [0.25, 0.3) is 11.5 Å². The summed E-state index contributed by atoms with van der Waals surface area (Å²) in [4.78, 5) is 42.5. The molecule has 3 heterocycles. The molecule has 2 fully saturated rings. The molecule has 2 aliphatic heterocycles. The third kappa shape index (κ3) is 5.65. The Balaban J connectivity index is 1.41. The molecule has 1 N–H and O–H groups in total. The highest BCUT2D eigenvalue weighted by Gasteiger charge is 2.30. The van der Waals surface area contributed by atoms with Crippen LogP contribution in [0.15, 0.2) is 53.5 Å². The van der Waals surface area contributed by atoms with Crippen LogP contribution in [0, 0.1) is 0 Å². The number of carbonyl (C=O) groups excluding carboxylic acids is 2. The molecule has 170 valence electrons. The van der Waals surface area contributed by atoms with Crippen molar-refractivity contribution in [2.45, 2.75) is 51.2 Å². The highest BCUT2D eigenvalue weighted by molar-refractivity contribution is 5.94. The van der Waals surface area contributed by atoms with Gasteiger partial charge in [0.2, 0.25) is 5.91 Å². The second-order valence-corrected chi connectivity index (χ2v) is 8.80. The molecule has 0 bridgehead atoms. The van der Waals surface area contributed by atoms with Crippen molar-refractivity contribution < 1.29 is 9.59 Å². The lowest BCUT2D eigenvalue weighted by atomic mass is 10.0. The van der Waals surface area contributed by atoms with Gasteiger partial charge < -0.3 is 19.7 Å². The zero-order chi connectivity index (χ0) is 22.3. The summed E-state index contributed by atoms with van der Waals surface area (Å²) < 4.78 is 1.33. The highest BCUT2D eigenvalue weighted by Crippen LogP contribution is 2.22. The average molecular weight is 437 g/mol. The van der Waals surface area contributed by atoms with Crippen LogP contribution in [0.4, 0.5) is 0 Å². The van der Waals surface area contributed by atoms with Gasteiger partial charge in [-0.05, 0) is 56.8 Å². The van der Waals surface area contributed by atoms with Gasteiger partial charge in [-0.2, -0.15) is 0 Å². The number of amides is 2. The van der Waals surface area contributed by atoms with E-state index in [-0.39, 0.29) is 30.0 Å². The summed E-state index contributed by atoms with van der Waals surface area (Å²) >= 11 is 0. The number of nitrogens with zero attached hydrogens (tertiary/aromatic N) is 3. The van der Waals surface area contributed by atoms with E-state index in [1.54, 1.807) is 6.07 Å². The third-order valence-corrected chi connectivity index (χ3v) is 6.43. The maximum atomic E-state index is 13.3. The Morgan fingerprint density at radius 1 is 0.938 bits per heavy atom. The molecule has 1 aromatic carbocycles. The molecule has 0 aliphatic carbocycles. The molecule has 1 aromatic heterocycles. The molecule has 1 atom stereocenters. The summed E-state index contributed by atoms with van der Waals surface area (Å²) in [5.74, 6) is -0.308. The van der Waals surface area contributed by atoms with Gasteiger partial charge in [-0.1, -0.05) is 30.3 Å². The largest absolute Gasteiger partial charge is 0.350 e. The van der Waals surface area contributed by atoms with Crippen LogP contribution in [0.5, 0.6) is 0 Å². The number of rotatable bonds is 7. The second-order valence-electron chi connectivity index (χ2n) is 8.80. The number of aromatic nitrogens is 1. The Hall–Kier alpha value is -2.93. The lowest BCUT2D eigenvalue weighted by Crippen LogP contribution is -2.49. The number of benzene rings is 1. The Bertz CT molecular complexity index is 982. The lowest BCUT2D eigenvalue weighted by molar-refractivity contribution is -0.121. The Morgan fingerprint density at radius 2 is 1.69 bits per heavy atom. The maximum Gasteiger partial charge on any atom is 0.255 e. The van der Waals surface area contributed by atoms with Crippen LogP contribution >= 0.6 is 0 Å². The van der Waals surface area contributed by atoms with Crippen LogP contribution in [0.2, 0.25) is 0 Å². The minimum atomic E-state index is -0.288. The van der Waals surface area contributed by atoms with E-state index in [0.29, 0.717) is 12.1 Å². The van der Waals surface area contributed by atoms with E-state index in [1.165, 1.54) is 29.7 Å². The number of piperidine rings is 1. The molecule has 2 aromatic rings. The van der Waals surface area contributed by atoms with Gasteiger partial charge in [0, 0.05) is 37.9 Å². The van der Waals surface area contributed by atoms with Gasteiger partial charge in [0.15, 0.2) is 0 Å². The first kappa shape index (κ1) is 22.3. The first-order valence-corrected chi connectivity index (χ1v) is 11.6. The first-order chi connectivity index (χ1) is 15.6. The monoisotopic (exact) mass is 436 g/mol. The molecule has 32 heavy (non-hydrogen) atoms. The van der Waals surface area contributed by atoms with Crippen molar-refractivity contribution in [2.75, 3.05) is 26.2 Å². The van der Waals surface area contributed by atoms with Crippen LogP contribution in [0.25, 0.3) is 0 Å². The quantitative estimate of drug-likeness (QED) is 0.723. The Labute approximate surface area is 189 Å². The fourth-order valence-electron chi connectivity index (χ4n) is 4.68. The van der Waals surface area contributed by atoms with Crippen molar-refractivity contribution in [3.05, 3.63) is 70.1 Å². The molecular formula is C25H32N4O3. The average Bonchev–Trinajstić information content (AvgIpc) is 3.33. The van der Waals surface area contributed by atoms with Gasteiger partial charge in [0.05, 0.1) is 5.56 Å². The Morgan fingerprint density at radius 3 is 2.47 bits per heavy atom. The highest BCUT2D eigenvalue weighted by atomic mass is 16.2. The van der Waals surface area contributed by atoms with E-state index >= 15 is 0 Å². The molecule has 0 spiro atoms. The number of nitrogens with one attached hydrogen (secondary N) is 1. The smallest absolute Gasteiger partial charge is 0.255 e. The lowest BCUT2D eigenvalue weighted by Gasteiger charge is -2.38. The van der Waals surface area contributed by atoms with Gasteiger partial charge in [0.1, 0.15) is 6.54 Å². The van der Waals surface area contributed by atoms with Crippen LogP contribution in [-0.4, -0.2) is 58.4 Å². The number of carbonyl (C=O) groups is 2.